The second kappa shape index (κ2) is 75.2. The average Bonchev–Trinajstić information content (AvgIpc) is 2.75. The van der Waals surface area contributed by atoms with Crippen molar-refractivity contribution in [1.29, 1.82) is 0 Å². The van der Waals surface area contributed by atoms with Crippen LogP contribution in [0.25, 0.3) is 0 Å². The molecule has 1 amide bonds. The molecule has 0 aliphatic carbocycles. The van der Waals surface area contributed by atoms with E-state index < -0.39 is 20.0 Å². The van der Waals surface area contributed by atoms with E-state index in [1.807, 2.05) is 27.2 Å². The molecule has 0 spiro atoms. The lowest BCUT2D eigenvalue weighted by Gasteiger charge is -2.29. The maximum Gasteiger partial charge on any atom is 0.268 e. The Balaban J connectivity index is 3.88. The summed E-state index contributed by atoms with van der Waals surface area (Å²) in [7, 11) is 1.29. The van der Waals surface area contributed by atoms with Gasteiger partial charge in [0.1, 0.15) is 13.2 Å². The number of aliphatic hydroxyl groups is 1. The first-order valence-electron chi connectivity index (χ1n) is 42.2. The molecule has 2 N–H and O–H groups in total. The van der Waals surface area contributed by atoms with Gasteiger partial charge in [-0.15, -0.1) is 0 Å². The molecule has 0 aromatic heterocycles. The van der Waals surface area contributed by atoms with Gasteiger partial charge in [-0.2, -0.15) is 0 Å². The number of likely N-dealkylation sites (N-methyl/N-ethyl adjacent to an activating group) is 1. The van der Waals surface area contributed by atoms with Crippen molar-refractivity contribution in [3.8, 4) is 0 Å². The van der Waals surface area contributed by atoms with Crippen molar-refractivity contribution in [3.05, 3.63) is 24.3 Å². The van der Waals surface area contributed by atoms with Crippen molar-refractivity contribution in [2.24, 2.45) is 0 Å². The molecule has 0 aliphatic heterocycles. The molecule has 0 saturated heterocycles. The Hall–Kier alpha value is -1.02. The number of amides is 1. The van der Waals surface area contributed by atoms with Crippen LogP contribution >= 0.6 is 7.82 Å². The van der Waals surface area contributed by atoms with Crippen LogP contribution in [0, 0.1) is 0 Å². The molecule has 0 heterocycles. The van der Waals surface area contributed by atoms with Crippen molar-refractivity contribution < 1.29 is 32.9 Å². The Morgan fingerprint density at radius 3 is 0.839 bits per heavy atom. The van der Waals surface area contributed by atoms with E-state index in [1.54, 1.807) is 6.08 Å². The van der Waals surface area contributed by atoms with E-state index in [0.717, 1.165) is 38.5 Å². The van der Waals surface area contributed by atoms with Crippen molar-refractivity contribution in [2.45, 2.75) is 469 Å². The lowest BCUT2D eigenvalue weighted by molar-refractivity contribution is -0.870. The summed E-state index contributed by atoms with van der Waals surface area (Å²) >= 11 is 0. The Kier molecular flexibility index (Phi) is 74.4. The number of phosphoric acid groups is 1. The van der Waals surface area contributed by atoms with Crippen LogP contribution in [0.1, 0.15) is 457 Å². The number of hydrogen-bond donors (Lipinski definition) is 2. The fourth-order valence-corrected chi connectivity index (χ4v) is 14.1. The van der Waals surface area contributed by atoms with Gasteiger partial charge in [0.15, 0.2) is 0 Å². The minimum atomic E-state index is -4.61. The summed E-state index contributed by atoms with van der Waals surface area (Å²) in [5, 5.41) is 14.0. The number of nitrogens with one attached hydrogen (secondary N) is 1. The van der Waals surface area contributed by atoms with Crippen molar-refractivity contribution in [2.75, 3.05) is 40.9 Å². The fraction of sp³-hybridized carbons (Fsp3) is 0.940. The molecule has 0 radical (unpaired) electrons. The summed E-state index contributed by atoms with van der Waals surface area (Å²) in [6.45, 7) is 4.73. The largest absolute Gasteiger partial charge is 0.756 e. The Morgan fingerprint density at radius 1 is 0.366 bits per heavy atom. The molecule has 0 aromatic rings. The van der Waals surface area contributed by atoms with E-state index in [2.05, 4.69) is 31.3 Å². The molecule has 0 saturated carbocycles. The highest BCUT2D eigenvalue weighted by Gasteiger charge is 2.23. The number of phosphoric ester groups is 1. The lowest BCUT2D eigenvalue weighted by Crippen LogP contribution is -2.45. The molecule has 3 unspecified atom stereocenters. The number of hydrogen-bond acceptors (Lipinski definition) is 6. The molecule has 0 aliphatic rings. The van der Waals surface area contributed by atoms with Crippen LogP contribution in [-0.4, -0.2) is 68.5 Å². The van der Waals surface area contributed by atoms with Gasteiger partial charge >= 0.3 is 0 Å². The molecule has 93 heavy (non-hydrogen) atoms. The molecule has 0 fully saturated rings. The molecule has 9 heteroatoms. The van der Waals surface area contributed by atoms with Gasteiger partial charge < -0.3 is 28.8 Å². The van der Waals surface area contributed by atoms with Crippen molar-refractivity contribution in [3.63, 3.8) is 0 Å². The van der Waals surface area contributed by atoms with Crippen molar-refractivity contribution >= 4 is 13.7 Å². The lowest BCUT2D eigenvalue weighted by atomic mass is 10.0. The normalized spacial score (nSPS) is 13.5. The first-order valence-corrected chi connectivity index (χ1v) is 43.7. The van der Waals surface area contributed by atoms with Crippen LogP contribution in [0.2, 0.25) is 0 Å². The average molecular weight is 1330 g/mol. The monoisotopic (exact) mass is 1330 g/mol. The van der Waals surface area contributed by atoms with Gasteiger partial charge in [0.2, 0.25) is 5.91 Å². The maximum absolute atomic E-state index is 13.1. The standard InChI is InChI=1S/C84H167N2O6P/c1-6-8-10-12-14-16-18-20-22-24-26-28-30-32-34-36-38-39-40-41-42-43-44-45-46-47-48-50-52-54-56-58-60-62-64-66-68-70-72-74-76-78-84(88)85-82(81-92-93(89,90)91-80-79-86(3,4)5)83(87)77-75-73-71-69-67-65-63-61-59-57-55-53-51-49-37-35-33-31-29-27-25-23-21-19-17-15-13-11-9-7-2/h24,26,75,77,82-83,87H,6-23,25,27-74,76,78-81H2,1-5H3,(H-,85,88,89,90)/b26-24-,77-75+. The minimum Gasteiger partial charge on any atom is -0.756 e. The second-order valence-corrected chi connectivity index (χ2v) is 32.0. The van der Waals surface area contributed by atoms with E-state index in [-0.39, 0.29) is 19.1 Å². The molecule has 8 nitrogen and oxygen atoms in total. The fourth-order valence-electron chi connectivity index (χ4n) is 13.4. The predicted molar refractivity (Wildman–Crippen MR) is 409 cm³/mol. The van der Waals surface area contributed by atoms with Crippen LogP contribution in [0.4, 0.5) is 0 Å². The van der Waals surface area contributed by atoms with Gasteiger partial charge in [-0.05, 0) is 44.9 Å². The predicted octanol–water partition coefficient (Wildman–Crippen LogP) is 27.1. The number of nitrogens with zero attached hydrogens (tertiary/aromatic N) is 1. The number of allylic oxidation sites excluding steroid dienone is 3. The molecule has 0 rings (SSSR count). The van der Waals surface area contributed by atoms with Crippen LogP contribution in [-0.2, 0) is 18.4 Å². The molecule has 3 atom stereocenters. The molecule has 0 aromatic carbocycles. The highest BCUT2D eigenvalue weighted by Crippen LogP contribution is 2.38. The van der Waals surface area contributed by atoms with Crippen LogP contribution in [0.15, 0.2) is 24.3 Å². The zero-order valence-corrected chi connectivity index (χ0v) is 64.7. The Morgan fingerprint density at radius 2 is 0.591 bits per heavy atom. The number of aliphatic hydroxyl groups excluding tert-OH is 1. The summed E-state index contributed by atoms with van der Waals surface area (Å²) in [6, 6.07) is -0.886. The SMILES string of the molecule is CCCCCCCCCC/C=C\CCCCCCCCCCCCCCCCCCCCCCCCCCCCCCCC(=O)NC(COP(=O)([O-])OCC[N+](C)(C)C)C(O)/C=C/CCCCCCCCCCCCCCCCCCCCCCCCCCCCCC. The summed E-state index contributed by atoms with van der Waals surface area (Å²) in [5.41, 5.74) is 0. The smallest absolute Gasteiger partial charge is 0.268 e. The van der Waals surface area contributed by atoms with E-state index in [0.29, 0.717) is 17.4 Å². The molecule has 554 valence electrons. The Bertz CT molecular complexity index is 1570. The zero-order valence-electron chi connectivity index (χ0n) is 63.8. The van der Waals surface area contributed by atoms with Gasteiger partial charge in [0, 0.05) is 6.42 Å². The first-order chi connectivity index (χ1) is 45.5. The van der Waals surface area contributed by atoms with E-state index in [4.69, 9.17) is 9.05 Å². The number of quaternary nitrogens is 1. The second-order valence-electron chi connectivity index (χ2n) is 30.5. The van der Waals surface area contributed by atoms with Crippen LogP contribution in [0.3, 0.4) is 0 Å². The maximum atomic E-state index is 13.1. The topological polar surface area (TPSA) is 108 Å². The quantitative estimate of drug-likeness (QED) is 0.0272. The summed E-state index contributed by atoms with van der Waals surface area (Å²) in [6.07, 6.45) is 101. The highest BCUT2D eigenvalue weighted by molar-refractivity contribution is 7.45. The van der Waals surface area contributed by atoms with Gasteiger partial charge in [-0.25, -0.2) is 0 Å². The third kappa shape index (κ3) is 78.2. The van der Waals surface area contributed by atoms with E-state index in [9.17, 15) is 19.4 Å². The van der Waals surface area contributed by atoms with Gasteiger partial charge in [0.25, 0.3) is 7.82 Å². The third-order valence-electron chi connectivity index (χ3n) is 19.9. The van der Waals surface area contributed by atoms with Gasteiger partial charge in [-0.1, -0.05) is 430 Å². The number of unbranched alkanes of at least 4 members (excludes halogenated alkanes) is 65. The Labute approximate surface area is 583 Å². The number of rotatable bonds is 80. The van der Waals surface area contributed by atoms with Crippen LogP contribution in [0.5, 0.6) is 0 Å². The summed E-state index contributed by atoms with van der Waals surface area (Å²) in [5.74, 6) is -0.186. The zero-order chi connectivity index (χ0) is 67.6. The van der Waals surface area contributed by atoms with Crippen molar-refractivity contribution in [1.82, 2.24) is 5.32 Å². The highest BCUT2D eigenvalue weighted by atomic mass is 31.2. The van der Waals surface area contributed by atoms with Gasteiger partial charge in [0.05, 0.1) is 39.9 Å². The summed E-state index contributed by atoms with van der Waals surface area (Å²) in [4.78, 5) is 25.7. The molecule has 0 bridgehead atoms. The number of carbonyl (C=O) groups excluding carboxylic acids is 1. The summed E-state index contributed by atoms with van der Waals surface area (Å²) < 4.78 is 23.5. The van der Waals surface area contributed by atoms with E-state index in [1.165, 1.54) is 398 Å². The van der Waals surface area contributed by atoms with Crippen LogP contribution < -0.4 is 10.2 Å². The first kappa shape index (κ1) is 92.0. The third-order valence-corrected chi connectivity index (χ3v) is 20.9. The van der Waals surface area contributed by atoms with E-state index >= 15 is 0 Å². The van der Waals surface area contributed by atoms with Gasteiger partial charge in [-0.3, -0.25) is 9.36 Å². The number of carbonyl (C=O) groups is 1. The molecular weight excluding hydrogens is 1160 g/mol. The molecular formula is C84H167N2O6P. The minimum absolute atomic E-state index is 0.00260.